The van der Waals surface area contributed by atoms with Crippen molar-refractivity contribution in [1.29, 1.82) is 0 Å². The van der Waals surface area contributed by atoms with Crippen molar-refractivity contribution in [3.05, 3.63) is 64.5 Å². The zero-order valence-corrected chi connectivity index (χ0v) is 14.9. The molecule has 4 nitrogen and oxygen atoms in total. The Morgan fingerprint density at radius 2 is 2.16 bits per heavy atom. The fourth-order valence-electron chi connectivity index (χ4n) is 3.65. The van der Waals surface area contributed by atoms with Crippen molar-refractivity contribution < 1.29 is 4.42 Å². The topological polar surface area (TPSA) is 45.1 Å². The van der Waals surface area contributed by atoms with Crippen LogP contribution in [0.2, 0.25) is 0 Å². The van der Waals surface area contributed by atoms with Gasteiger partial charge in [-0.15, -0.1) is 11.3 Å². The third kappa shape index (κ3) is 2.60. The number of para-hydroxylation sites is 1. The highest BCUT2D eigenvalue weighted by atomic mass is 32.1. The molecule has 3 aromatic heterocycles. The van der Waals surface area contributed by atoms with Gasteiger partial charge in [-0.3, -0.25) is 4.90 Å². The predicted octanol–water partition coefficient (Wildman–Crippen LogP) is 4.75. The lowest BCUT2D eigenvalue weighted by Gasteiger charge is -2.26. The molecule has 25 heavy (non-hydrogen) atoms. The molecule has 0 radical (unpaired) electrons. The lowest BCUT2D eigenvalue weighted by atomic mass is 10.0. The number of nitrogens with one attached hydrogen (secondary N) is 1. The maximum absolute atomic E-state index is 5.89. The number of fused-ring (bicyclic) bond motifs is 3. The van der Waals surface area contributed by atoms with E-state index in [0.717, 1.165) is 48.3 Å². The van der Waals surface area contributed by atoms with Gasteiger partial charge in [0.1, 0.15) is 5.76 Å². The smallest absolute Gasteiger partial charge is 0.236 e. The van der Waals surface area contributed by atoms with E-state index < -0.39 is 0 Å². The number of aromatic amines is 1. The highest BCUT2D eigenvalue weighted by molar-refractivity contribution is 7.13. The first-order valence-electron chi connectivity index (χ1n) is 8.59. The van der Waals surface area contributed by atoms with Crippen molar-refractivity contribution >= 4 is 22.2 Å². The van der Waals surface area contributed by atoms with Crippen molar-refractivity contribution in [2.75, 3.05) is 6.54 Å². The third-order valence-electron chi connectivity index (χ3n) is 4.96. The molecule has 4 aromatic rings. The standard InChI is InChI=1S/C20H19N3OS/c1-13-18(22-20(24-13)19-7-4-10-25-19)12-23-9-8-17-15(11-23)14-5-2-3-6-16(14)21-17/h2-7,10,21H,8-9,11-12H2,1H3. The summed E-state index contributed by atoms with van der Waals surface area (Å²) in [6.07, 6.45) is 1.05. The molecule has 5 rings (SSSR count). The summed E-state index contributed by atoms with van der Waals surface area (Å²) >= 11 is 1.66. The van der Waals surface area contributed by atoms with Crippen LogP contribution >= 0.6 is 11.3 Å². The van der Waals surface area contributed by atoms with E-state index in [4.69, 9.17) is 9.40 Å². The minimum atomic E-state index is 0.743. The van der Waals surface area contributed by atoms with Crippen LogP contribution in [0.25, 0.3) is 21.7 Å². The molecule has 1 aliphatic heterocycles. The van der Waals surface area contributed by atoms with E-state index in [-0.39, 0.29) is 0 Å². The molecule has 0 unspecified atom stereocenters. The maximum atomic E-state index is 5.89. The molecule has 0 saturated carbocycles. The van der Waals surface area contributed by atoms with Crippen LogP contribution in [-0.4, -0.2) is 21.4 Å². The first-order valence-corrected chi connectivity index (χ1v) is 9.47. The van der Waals surface area contributed by atoms with Crippen molar-refractivity contribution in [2.24, 2.45) is 0 Å². The van der Waals surface area contributed by atoms with E-state index >= 15 is 0 Å². The van der Waals surface area contributed by atoms with Crippen LogP contribution in [0.3, 0.4) is 0 Å². The molecule has 1 aromatic carbocycles. The van der Waals surface area contributed by atoms with Crippen LogP contribution in [0, 0.1) is 6.92 Å². The Morgan fingerprint density at radius 3 is 3.04 bits per heavy atom. The molecule has 0 amide bonds. The van der Waals surface area contributed by atoms with E-state index in [2.05, 4.69) is 45.6 Å². The second-order valence-electron chi connectivity index (χ2n) is 6.59. The first-order chi connectivity index (χ1) is 12.3. The largest absolute Gasteiger partial charge is 0.440 e. The van der Waals surface area contributed by atoms with Gasteiger partial charge in [0.25, 0.3) is 0 Å². The Kier molecular flexibility index (Phi) is 3.50. The second kappa shape index (κ2) is 5.86. The molecule has 0 saturated heterocycles. The number of oxazole rings is 1. The third-order valence-corrected chi connectivity index (χ3v) is 5.82. The molecule has 5 heteroatoms. The van der Waals surface area contributed by atoms with Gasteiger partial charge in [0.2, 0.25) is 5.89 Å². The monoisotopic (exact) mass is 349 g/mol. The van der Waals surface area contributed by atoms with E-state index in [1.54, 1.807) is 11.3 Å². The molecule has 126 valence electrons. The van der Waals surface area contributed by atoms with Gasteiger partial charge in [0, 0.05) is 42.7 Å². The molecule has 4 heterocycles. The number of aryl methyl sites for hydroxylation is 1. The molecule has 0 fully saturated rings. The highest BCUT2D eigenvalue weighted by Crippen LogP contribution is 2.30. The second-order valence-corrected chi connectivity index (χ2v) is 7.54. The number of benzene rings is 1. The normalized spacial score (nSPS) is 14.9. The minimum Gasteiger partial charge on any atom is -0.440 e. The number of nitrogens with zero attached hydrogens (tertiary/aromatic N) is 2. The zero-order chi connectivity index (χ0) is 16.8. The van der Waals surface area contributed by atoms with Gasteiger partial charge in [0.15, 0.2) is 0 Å². The predicted molar refractivity (Wildman–Crippen MR) is 101 cm³/mol. The van der Waals surface area contributed by atoms with Crippen LogP contribution in [0.15, 0.2) is 46.2 Å². The Hall–Kier alpha value is -2.37. The van der Waals surface area contributed by atoms with Crippen molar-refractivity contribution in [3.63, 3.8) is 0 Å². The van der Waals surface area contributed by atoms with Crippen LogP contribution < -0.4 is 0 Å². The Balaban J connectivity index is 1.41. The van der Waals surface area contributed by atoms with Gasteiger partial charge in [-0.1, -0.05) is 24.3 Å². The Morgan fingerprint density at radius 1 is 1.24 bits per heavy atom. The SMILES string of the molecule is Cc1oc(-c2cccs2)nc1CN1CCc2[nH]c3ccccc3c2C1. The quantitative estimate of drug-likeness (QED) is 0.580. The fourth-order valence-corrected chi connectivity index (χ4v) is 4.30. The summed E-state index contributed by atoms with van der Waals surface area (Å²) in [5.74, 6) is 1.67. The molecule has 0 aliphatic carbocycles. The van der Waals surface area contributed by atoms with Gasteiger partial charge in [-0.05, 0) is 30.0 Å². The van der Waals surface area contributed by atoms with Crippen LogP contribution in [-0.2, 0) is 19.5 Å². The lowest BCUT2D eigenvalue weighted by Crippen LogP contribution is -2.30. The van der Waals surface area contributed by atoms with E-state index in [1.807, 2.05) is 13.0 Å². The molecule has 0 atom stereocenters. The summed E-state index contributed by atoms with van der Waals surface area (Å²) in [4.78, 5) is 11.9. The number of rotatable bonds is 3. The number of aromatic nitrogens is 2. The lowest BCUT2D eigenvalue weighted by molar-refractivity contribution is 0.242. The summed E-state index contributed by atoms with van der Waals surface area (Å²) < 4.78 is 5.89. The Bertz CT molecular complexity index is 1030. The highest BCUT2D eigenvalue weighted by Gasteiger charge is 2.22. The zero-order valence-electron chi connectivity index (χ0n) is 14.1. The average molecular weight is 349 g/mol. The molecule has 1 aliphatic rings. The number of H-pyrrole nitrogens is 1. The maximum Gasteiger partial charge on any atom is 0.236 e. The van der Waals surface area contributed by atoms with E-state index in [0.29, 0.717) is 0 Å². The van der Waals surface area contributed by atoms with E-state index in [1.165, 1.54) is 22.2 Å². The summed E-state index contributed by atoms with van der Waals surface area (Å²) in [5, 5.41) is 3.40. The van der Waals surface area contributed by atoms with Crippen LogP contribution in [0.1, 0.15) is 22.7 Å². The van der Waals surface area contributed by atoms with Crippen LogP contribution in [0.5, 0.6) is 0 Å². The molecule has 0 bridgehead atoms. The summed E-state index contributed by atoms with van der Waals surface area (Å²) in [6.45, 7) is 4.85. The van der Waals surface area contributed by atoms with Crippen molar-refractivity contribution in [2.45, 2.75) is 26.4 Å². The van der Waals surface area contributed by atoms with Gasteiger partial charge in [-0.2, -0.15) is 0 Å². The number of hydrogen-bond donors (Lipinski definition) is 1. The van der Waals surface area contributed by atoms with Gasteiger partial charge in [0.05, 0.1) is 10.6 Å². The summed E-state index contributed by atoms with van der Waals surface area (Å²) in [5.41, 5.74) is 5.11. The van der Waals surface area contributed by atoms with Crippen LogP contribution in [0.4, 0.5) is 0 Å². The van der Waals surface area contributed by atoms with Crippen molar-refractivity contribution in [3.8, 4) is 10.8 Å². The van der Waals surface area contributed by atoms with Gasteiger partial charge in [-0.25, -0.2) is 4.98 Å². The van der Waals surface area contributed by atoms with E-state index in [9.17, 15) is 0 Å². The molecule has 1 N–H and O–H groups in total. The summed E-state index contributed by atoms with van der Waals surface area (Å²) in [6, 6.07) is 12.7. The number of thiophene rings is 1. The molecular formula is C20H19N3OS. The fraction of sp³-hybridized carbons (Fsp3) is 0.250. The molecular weight excluding hydrogens is 330 g/mol. The summed E-state index contributed by atoms with van der Waals surface area (Å²) in [7, 11) is 0. The van der Waals surface area contributed by atoms with Gasteiger partial charge >= 0.3 is 0 Å². The minimum absolute atomic E-state index is 0.743. The average Bonchev–Trinajstić information content (AvgIpc) is 3.34. The Labute approximate surface area is 150 Å². The number of hydrogen-bond acceptors (Lipinski definition) is 4. The van der Waals surface area contributed by atoms with Crippen molar-refractivity contribution in [1.82, 2.24) is 14.9 Å². The van der Waals surface area contributed by atoms with Gasteiger partial charge < -0.3 is 9.40 Å². The molecule has 0 spiro atoms. The first kappa shape index (κ1) is 14.9.